The van der Waals surface area contributed by atoms with Crippen molar-refractivity contribution in [2.45, 2.75) is 62.0 Å². The number of hydrogen-bond donors (Lipinski definition) is 1. The van der Waals surface area contributed by atoms with Crippen LogP contribution in [0.5, 0.6) is 0 Å². The van der Waals surface area contributed by atoms with Crippen LogP contribution in [-0.2, 0) is 16.4 Å². The van der Waals surface area contributed by atoms with E-state index in [1.54, 1.807) is 23.5 Å². The number of aryl methyl sites for hydroxylation is 1. The molecule has 2 aliphatic rings. The number of piperidine rings is 1. The van der Waals surface area contributed by atoms with Crippen LogP contribution in [0.1, 0.15) is 38.2 Å². The van der Waals surface area contributed by atoms with Gasteiger partial charge in [0.1, 0.15) is 0 Å². The number of hydrogen-bond acceptors (Lipinski definition) is 3. The standard InChI is InChI=1S/C16H24N2O2S.ClH/c1-3-12-4-8-16(9-5-12)21(19,20)18(2)15-10-13-6-7-14(11-15)17-13;/h4-5,8-9,13-15,17H,3,6-7,10-11H2,1-2H3;1H. The van der Waals surface area contributed by atoms with Crippen LogP contribution in [-0.4, -0.2) is 37.9 Å². The normalized spacial score (nSPS) is 27.7. The van der Waals surface area contributed by atoms with Gasteiger partial charge in [0.15, 0.2) is 0 Å². The van der Waals surface area contributed by atoms with Crippen LogP contribution in [0.3, 0.4) is 0 Å². The summed E-state index contributed by atoms with van der Waals surface area (Å²) in [4.78, 5) is 0.410. The average molecular weight is 345 g/mol. The molecule has 0 saturated carbocycles. The van der Waals surface area contributed by atoms with Crippen molar-refractivity contribution in [3.63, 3.8) is 0 Å². The molecule has 2 aliphatic heterocycles. The Balaban J connectivity index is 0.00000176. The Hall–Kier alpha value is -0.620. The van der Waals surface area contributed by atoms with Gasteiger partial charge in [-0.25, -0.2) is 8.42 Å². The number of halogens is 1. The van der Waals surface area contributed by atoms with Gasteiger partial charge >= 0.3 is 0 Å². The highest BCUT2D eigenvalue weighted by Crippen LogP contribution is 2.31. The molecule has 2 saturated heterocycles. The third-order valence-electron chi connectivity index (χ3n) is 4.97. The van der Waals surface area contributed by atoms with E-state index in [2.05, 4.69) is 12.2 Å². The summed E-state index contributed by atoms with van der Waals surface area (Å²) in [6.45, 7) is 2.07. The van der Waals surface area contributed by atoms with Gasteiger partial charge in [0, 0.05) is 25.2 Å². The third-order valence-corrected chi connectivity index (χ3v) is 6.90. The molecule has 0 spiro atoms. The molecule has 3 rings (SSSR count). The Morgan fingerprint density at radius 2 is 1.68 bits per heavy atom. The Kier molecular flexibility index (Phi) is 5.54. The van der Waals surface area contributed by atoms with E-state index < -0.39 is 10.0 Å². The number of fused-ring (bicyclic) bond motifs is 2. The first-order valence-electron chi connectivity index (χ1n) is 7.83. The van der Waals surface area contributed by atoms with E-state index in [9.17, 15) is 8.42 Å². The zero-order valence-electron chi connectivity index (χ0n) is 13.2. The van der Waals surface area contributed by atoms with Crippen molar-refractivity contribution < 1.29 is 8.42 Å². The summed E-state index contributed by atoms with van der Waals surface area (Å²) in [6, 6.07) is 8.41. The molecule has 2 atom stereocenters. The van der Waals surface area contributed by atoms with Crippen LogP contribution in [0.4, 0.5) is 0 Å². The molecule has 1 aromatic carbocycles. The van der Waals surface area contributed by atoms with E-state index in [1.165, 1.54) is 12.8 Å². The first-order valence-corrected chi connectivity index (χ1v) is 9.27. The van der Waals surface area contributed by atoms with Gasteiger partial charge in [-0.3, -0.25) is 0 Å². The van der Waals surface area contributed by atoms with Crippen LogP contribution < -0.4 is 5.32 Å². The first kappa shape index (κ1) is 17.7. The van der Waals surface area contributed by atoms with Crippen molar-refractivity contribution in [3.8, 4) is 0 Å². The highest BCUT2D eigenvalue weighted by atomic mass is 35.5. The largest absolute Gasteiger partial charge is 0.311 e. The Labute approximate surface area is 139 Å². The van der Waals surface area contributed by atoms with Crippen LogP contribution in [0.15, 0.2) is 29.2 Å². The molecular weight excluding hydrogens is 320 g/mol. The van der Waals surface area contributed by atoms with Crippen molar-refractivity contribution in [1.82, 2.24) is 9.62 Å². The molecule has 0 amide bonds. The summed E-state index contributed by atoms with van der Waals surface area (Å²) in [5.41, 5.74) is 1.16. The maximum Gasteiger partial charge on any atom is 0.243 e. The van der Waals surface area contributed by atoms with E-state index in [1.807, 2.05) is 12.1 Å². The monoisotopic (exact) mass is 344 g/mol. The summed E-state index contributed by atoms with van der Waals surface area (Å²) >= 11 is 0. The van der Waals surface area contributed by atoms with Crippen LogP contribution in [0.25, 0.3) is 0 Å². The van der Waals surface area contributed by atoms with Gasteiger partial charge in [-0.15, -0.1) is 12.4 Å². The van der Waals surface area contributed by atoms with E-state index in [4.69, 9.17) is 0 Å². The highest BCUT2D eigenvalue weighted by molar-refractivity contribution is 7.89. The number of sulfonamides is 1. The van der Waals surface area contributed by atoms with Gasteiger partial charge in [-0.05, 0) is 49.8 Å². The molecule has 0 radical (unpaired) electrons. The molecule has 0 aromatic heterocycles. The van der Waals surface area contributed by atoms with E-state index >= 15 is 0 Å². The van der Waals surface area contributed by atoms with Crippen molar-refractivity contribution in [2.75, 3.05) is 7.05 Å². The Morgan fingerprint density at radius 1 is 1.14 bits per heavy atom. The number of benzene rings is 1. The van der Waals surface area contributed by atoms with Crippen molar-refractivity contribution in [1.29, 1.82) is 0 Å². The zero-order chi connectivity index (χ0) is 15.0. The minimum atomic E-state index is -3.38. The third kappa shape index (κ3) is 3.32. The van der Waals surface area contributed by atoms with Crippen molar-refractivity contribution in [2.24, 2.45) is 0 Å². The van der Waals surface area contributed by atoms with Crippen LogP contribution >= 0.6 is 12.4 Å². The zero-order valence-corrected chi connectivity index (χ0v) is 14.8. The fourth-order valence-corrected chi connectivity index (χ4v) is 4.96. The van der Waals surface area contributed by atoms with Gasteiger partial charge in [0.2, 0.25) is 10.0 Å². The predicted octanol–water partition coefficient (Wildman–Crippen LogP) is 2.57. The van der Waals surface area contributed by atoms with E-state index in [-0.39, 0.29) is 18.4 Å². The molecular formula is C16H25ClN2O2S. The molecule has 4 nitrogen and oxygen atoms in total. The second kappa shape index (κ2) is 6.87. The number of nitrogens with zero attached hydrogens (tertiary/aromatic N) is 1. The molecule has 1 N–H and O–H groups in total. The quantitative estimate of drug-likeness (QED) is 0.913. The fourth-order valence-electron chi connectivity index (χ4n) is 3.58. The SMILES string of the molecule is CCc1ccc(S(=O)(=O)N(C)C2CC3CCC(C2)N3)cc1.Cl. The van der Waals surface area contributed by atoms with Gasteiger partial charge in [0.25, 0.3) is 0 Å². The molecule has 0 aliphatic carbocycles. The lowest BCUT2D eigenvalue weighted by atomic mass is 10.0. The maximum absolute atomic E-state index is 12.8. The predicted molar refractivity (Wildman–Crippen MR) is 91.0 cm³/mol. The van der Waals surface area contributed by atoms with E-state index in [0.29, 0.717) is 17.0 Å². The summed E-state index contributed by atoms with van der Waals surface area (Å²) < 4.78 is 27.1. The average Bonchev–Trinajstić information content (AvgIpc) is 2.84. The molecule has 2 heterocycles. The second-order valence-corrected chi connectivity index (χ2v) is 8.28. The highest BCUT2D eigenvalue weighted by Gasteiger charge is 2.38. The summed E-state index contributed by atoms with van der Waals surface area (Å²) in [5, 5.41) is 3.56. The Morgan fingerprint density at radius 3 is 2.18 bits per heavy atom. The maximum atomic E-state index is 12.8. The molecule has 6 heteroatoms. The number of rotatable bonds is 4. The topological polar surface area (TPSA) is 49.4 Å². The molecule has 2 unspecified atom stereocenters. The fraction of sp³-hybridized carbons (Fsp3) is 0.625. The van der Waals surface area contributed by atoms with Gasteiger partial charge < -0.3 is 5.32 Å². The Bertz CT molecular complexity index is 591. The second-order valence-electron chi connectivity index (χ2n) is 6.28. The lowest BCUT2D eigenvalue weighted by molar-refractivity contribution is 0.251. The van der Waals surface area contributed by atoms with E-state index in [0.717, 1.165) is 24.8 Å². The lowest BCUT2D eigenvalue weighted by Crippen LogP contribution is -2.48. The lowest BCUT2D eigenvalue weighted by Gasteiger charge is -2.34. The minimum absolute atomic E-state index is 0. The van der Waals surface area contributed by atoms with Gasteiger partial charge in [-0.1, -0.05) is 19.1 Å². The van der Waals surface area contributed by atoms with Crippen LogP contribution in [0.2, 0.25) is 0 Å². The summed E-state index contributed by atoms with van der Waals surface area (Å²) in [7, 11) is -1.64. The van der Waals surface area contributed by atoms with Crippen molar-refractivity contribution >= 4 is 22.4 Å². The smallest absolute Gasteiger partial charge is 0.243 e. The first-order chi connectivity index (χ1) is 10.0. The van der Waals surface area contributed by atoms with Gasteiger partial charge in [-0.2, -0.15) is 4.31 Å². The molecule has 1 aromatic rings. The van der Waals surface area contributed by atoms with Gasteiger partial charge in [0.05, 0.1) is 4.90 Å². The number of nitrogens with one attached hydrogen (secondary N) is 1. The molecule has 2 bridgehead atoms. The van der Waals surface area contributed by atoms with Crippen molar-refractivity contribution in [3.05, 3.63) is 29.8 Å². The summed E-state index contributed by atoms with van der Waals surface area (Å²) in [6.07, 6.45) is 5.15. The summed E-state index contributed by atoms with van der Waals surface area (Å²) in [5.74, 6) is 0. The van der Waals surface area contributed by atoms with Crippen LogP contribution in [0, 0.1) is 0 Å². The molecule has 22 heavy (non-hydrogen) atoms. The molecule has 124 valence electrons. The molecule has 2 fully saturated rings. The minimum Gasteiger partial charge on any atom is -0.311 e.